The molecule has 2 aliphatic heterocycles. The predicted octanol–water partition coefficient (Wildman–Crippen LogP) is 4.57. The van der Waals surface area contributed by atoms with Gasteiger partial charge in [0.15, 0.2) is 0 Å². The summed E-state index contributed by atoms with van der Waals surface area (Å²) in [6, 6.07) is 10.8. The molecule has 236 valence electrons. The van der Waals surface area contributed by atoms with E-state index >= 15 is 0 Å². The highest BCUT2D eigenvalue weighted by Gasteiger charge is 2.44. The van der Waals surface area contributed by atoms with Crippen LogP contribution in [0.5, 0.6) is 5.75 Å². The van der Waals surface area contributed by atoms with Crippen LogP contribution < -0.4 is 16.3 Å². The Morgan fingerprint density at radius 3 is 2.52 bits per heavy atom. The average molecular weight is 669 g/mol. The van der Waals surface area contributed by atoms with E-state index in [2.05, 4.69) is 15.9 Å². The maximum absolute atomic E-state index is 14.3. The second-order valence-corrected chi connectivity index (χ2v) is 13.2. The van der Waals surface area contributed by atoms with Crippen molar-refractivity contribution in [2.24, 2.45) is 23.4 Å². The average Bonchev–Trinajstić information content (AvgIpc) is 3.32. The summed E-state index contributed by atoms with van der Waals surface area (Å²) in [4.78, 5) is 43.7. The number of fused-ring (bicyclic) bond motifs is 2. The largest absolute Gasteiger partial charge is 0.484 e. The van der Waals surface area contributed by atoms with Gasteiger partial charge in [-0.3, -0.25) is 14.4 Å². The summed E-state index contributed by atoms with van der Waals surface area (Å²) in [7, 11) is 0. The maximum atomic E-state index is 14.3. The summed E-state index contributed by atoms with van der Waals surface area (Å²) < 4.78 is 7.38. The molecule has 3 aliphatic rings. The van der Waals surface area contributed by atoms with Crippen molar-refractivity contribution in [3.63, 3.8) is 0 Å². The zero-order valence-electron chi connectivity index (χ0n) is 25.5. The molecule has 11 heteroatoms. The van der Waals surface area contributed by atoms with Gasteiger partial charge < -0.3 is 30.4 Å². The molecule has 1 fully saturated rings. The van der Waals surface area contributed by atoms with Gasteiger partial charge in [0.05, 0.1) is 23.6 Å². The molecule has 2 amide bonds. The van der Waals surface area contributed by atoms with Crippen LogP contribution in [0.2, 0.25) is 0 Å². The lowest BCUT2D eigenvalue weighted by Crippen LogP contribution is -2.50. The Balaban J connectivity index is 1.54. The van der Waals surface area contributed by atoms with Crippen LogP contribution in [0.4, 0.5) is 0 Å². The Kier molecular flexibility index (Phi) is 9.55. The van der Waals surface area contributed by atoms with E-state index in [1.807, 2.05) is 57.2 Å². The molecule has 0 spiro atoms. The van der Waals surface area contributed by atoms with Crippen LogP contribution >= 0.6 is 15.9 Å². The van der Waals surface area contributed by atoms with Gasteiger partial charge in [0.2, 0.25) is 5.91 Å². The van der Waals surface area contributed by atoms with E-state index in [0.717, 1.165) is 34.0 Å². The molecule has 1 saturated carbocycles. The standard InChI is InChI=1S/C33H42BrN5O5/c1-19(2)39(36)17-27(35)20(3)44-29-13-12-26(34)25-14-15-38(32(41)23-10-6-7-11-24(23)33(42)43)28(30(25)29)18-37-16-21-8-4-5-9-22(21)31(37)40/h4-5,8-9,12-13,17,19-20,23-24,28H,6-7,10-11,14-16,18,35-36H2,1-3H3,(H,42,43)/b27-17-/t20?,23?,24-,28?/m0/s1. The van der Waals surface area contributed by atoms with E-state index in [0.29, 0.717) is 49.4 Å². The minimum atomic E-state index is -0.930. The second-order valence-electron chi connectivity index (χ2n) is 12.3. The molecule has 10 nitrogen and oxygen atoms in total. The Morgan fingerprint density at radius 2 is 1.84 bits per heavy atom. The molecule has 1 aliphatic carbocycles. The fraction of sp³-hybridized carbons (Fsp3) is 0.485. The number of aliphatic carboxylic acids is 1. The summed E-state index contributed by atoms with van der Waals surface area (Å²) >= 11 is 3.72. The second kappa shape index (κ2) is 13.2. The lowest BCUT2D eigenvalue weighted by molar-refractivity contribution is -0.153. The highest BCUT2D eigenvalue weighted by Crippen LogP contribution is 2.44. The van der Waals surface area contributed by atoms with Crippen molar-refractivity contribution < 1.29 is 24.2 Å². The van der Waals surface area contributed by atoms with E-state index in [1.54, 1.807) is 16.0 Å². The molecule has 0 saturated heterocycles. The van der Waals surface area contributed by atoms with Gasteiger partial charge in [0, 0.05) is 47.5 Å². The molecule has 3 unspecified atom stereocenters. The molecule has 5 N–H and O–H groups in total. The molecule has 2 aromatic carbocycles. The van der Waals surface area contributed by atoms with Crippen molar-refractivity contribution in [3.05, 3.63) is 75.0 Å². The fourth-order valence-corrected chi connectivity index (χ4v) is 7.17. The van der Waals surface area contributed by atoms with Crippen LogP contribution in [-0.2, 0) is 22.6 Å². The summed E-state index contributed by atoms with van der Waals surface area (Å²) in [6.45, 7) is 6.83. The highest BCUT2D eigenvalue weighted by molar-refractivity contribution is 9.10. The smallest absolute Gasteiger partial charge is 0.307 e. The first kappa shape index (κ1) is 31.8. The number of hydrogen-bond acceptors (Lipinski definition) is 7. The Morgan fingerprint density at radius 1 is 1.14 bits per heavy atom. The van der Waals surface area contributed by atoms with E-state index in [9.17, 15) is 19.5 Å². The Labute approximate surface area is 267 Å². The van der Waals surface area contributed by atoms with Crippen molar-refractivity contribution >= 4 is 33.7 Å². The molecule has 5 rings (SSSR count). The zero-order chi connectivity index (χ0) is 31.7. The molecule has 2 aromatic rings. The Bertz CT molecular complexity index is 1460. The normalized spacial score (nSPS) is 22.5. The quantitative estimate of drug-likeness (QED) is 0.261. The van der Waals surface area contributed by atoms with Crippen LogP contribution in [0.1, 0.15) is 79.5 Å². The molecule has 2 heterocycles. The minimum Gasteiger partial charge on any atom is -0.484 e. The van der Waals surface area contributed by atoms with Crippen molar-refractivity contribution in [1.82, 2.24) is 14.8 Å². The number of carboxylic acids is 1. The van der Waals surface area contributed by atoms with Crippen LogP contribution in [0.3, 0.4) is 0 Å². The zero-order valence-corrected chi connectivity index (χ0v) is 27.1. The first-order chi connectivity index (χ1) is 21.0. The van der Waals surface area contributed by atoms with Crippen LogP contribution in [0.15, 0.2) is 52.8 Å². The van der Waals surface area contributed by atoms with Gasteiger partial charge in [-0.25, -0.2) is 5.84 Å². The summed E-state index contributed by atoms with van der Waals surface area (Å²) in [5, 5.41) is 11.5. The number of nitrogens with two attached hydrogens (primary N) is 2. The molecule has 0 aromatic heterocycles. The summed E-state index contributed by atoms with van der Waals surface area (Å²) in [5.74, 6) is 4.12. The summed E-state index contributed by atoms with van der Waals surface area (Å²) in [5.41, 5.74) is 10.2. The van der Waals surface area contributed by atoms with Gasteiger partial charge in [0.25, 0.3) is 5.91 Å². The van der Waals surface area contributed by atoms with Gasteiger partial charge in [-0.2, -0.15) is 0 Å². The number of carbonyl (C=O) groups excluding carboxylic acids is 2. The van der Waals surface area contributed by atoms with E-state index in [4.69, 9.17) is 16.3 Å². The van der Waals surface area contributed by atoms with Crippen molar-refractivity contribution in [2.75, 3.05) is 13.1 Å². The molecule has 4 atom stereocenters. The summed E-state index contributed by atoms with van der Waals surface area (Å²) in [6.07, 6.45) is 4.30. The molecular formula is C33H42BrN5O5. The van der Waals surface area contributed by atoms with Crippen molar-refractivity contribution in [2.45, 2.75) is 77.6 Å². The van der Waals surface area contributed by atoms with E-state index in [-0.39, 0.29) is 24.4 Å². The molecule has 0 radical (unpaired) electrons. The molecular weight excluding hydrogens is 626 g/mol. The monoisotopic (exact) mass is 667 g/mol. The lowest BCUT2D eigenvalue weighted by atomic mass is 9.77. The van der Waals surface area contributed by atoms with Crippen molar-refractivity contribution in [3.8, 4) is 5.75 Å². The number of rotatable bonds is 9. The number of amides is 2. The first-order valence-corrected chi connectivity index (χ1v) is 16.2. The number of carbonyl (C=O) groups is 3. The van der Waals surface area contributed by atoms with Gasteiger partial charge in [-0.15, -0.1) is 0 Å². The number of ether oxygens (including phenoxy) is 1. The van der Waals surface area contributed by atoms with E-state index in [1.165, 1.54) is 5.01 Å². The number of carboxylic acid groups (broad SMARTS) is 1. The molecule has 0 bridgehead atoms. The topological polar surface area (TPSA) is 142 Å². The number of hydrogen-bond donors (Lipinski definition) is 3. The van der Waals surface area contributed by atoms with Crippen LogP contribution in [0, 0.1) is 11.8 Å². The number of nitrogens with zero attached hydrogens (tertiary/aromatic N) is 3. The van der Waals surface area contributed by atoms with Crippen LogP contribution in [-0.4, -0.2) is 62.9 Å². The SMILES string of the molecule is CC(Oc1ccc(Br)c2c1C(CN1Cc3ccccc3C1=O)N(C(=O)C1CCCC[C@@H]1C(=O)O)CC2)/C(N)=C/N(N)C(C)C. The highest BCUT2D eigenvalue weighted by atomic mass is 79.9. The van der Waals surface area contributed by atoms with Gasteiger partial charge >= 0.3 is 5.97 Å². The third-order valence-corrected chi connectivity index (χ3v) is 9.96. The van der Waals surface area contributed by atoms with Gasteiger partial charge in [-0.05, 0) is 69.4 Å². The first-order valence-electron chi connectivity index (χ1n) is 15.4. The van der Waals surface area contributed by atoms with Crippen molar-refractivity contribution in [1.29, 1.82) is 0 Å². The fourth-order valence-electron chi connectivity index (χ4n) is 6.63. The number of halogens is 1. The maximum Gasteiger partial charge on any atom is 0.307 e. The minimum absolute atomic E-state index is 0.0432. The third kappa shape index (κ3) is 6.30. The lowest BCUT2D eigenvalue weighted by Gasteiger charge is -2.43. The molecule has 44 heavy (non-hydrogen) atoms. The van der Waals surface area contributed by atoms with Gasteiger partial charge in [0.1, 0.15) is 11.9 Å². The Hall–Kier alpha value is -3.57. The predicted molar refractivity (Wildman–Crippen MR) is 170 cm³/mol. The van der Waals surface area contributed by atoms with Crippen LogP contribution in [0.25, 0.3) is 0 Å². The van der Waals surface area contributed by atoms with Gasteiger partial charge in [-0.1, -0.05) is 47.0 Å². The van der Waals surface area contributed by atoms with E-state index < -0.39 is 30.0 Å². The third-order valence-electron chi connectivity index (χ3n) is 9.21. The number of hydrazine groups is 1. The number of benzene rings is 2.